The normalized spacial score (nSPS) is 9.82. The maximum atomic E-state index is 10.1. The molecule has 0 radical (unpaired) electrons. The molecule has 0 aliphatic rings. The second-order valence-corrected chi connectivity index (χ2v) is 4.35. The lowest BCUT2D eigenvalue weighted by molar-refractivity contribution is -0.384. The molecule has 0 amide bonds. The fraction of sp³-hybridized carbons (Fsp3) is 0. The SMILES string of the molecule is Nc1ccc([N+](=O)[O-])cc1O.Oc1cccc2cccnc12. The molecule has 2 aromatic carbocycles. The molecule has 0 aliphatic carbocycles. The van der Waals surface area contributed by atoms with Gasteiger partial charge in [0.1, 0.15) is 17.0 Å². The first-order valence-corrected chi connectivity index (χ1v) is 6.24. The molecule has 0 bridgehead atoms. The monoisotopic (exact) mass is 299 g/mol. The van der Waals surface area contributed by atoms with Crippen LogP contribution in [-0.2, 0) is 0 Å². The van der Waals surface area contributed by atoms with Gasteiger partial charge < -0.3 is 15.9 Å². The highest BCUT2D eigenvalue weighted by Crippen LogP contribution is 2.24. The zero-order valence-corrected chi connectivity index (χ0v) is 11.4. The molecule has 0 atom stereocenters. The fourth-order valence-corrected chi connectivity index (χ4v) is 1.73. The Morgan fingerprint density at radius 1 is 1.05 bits per heavy atom. The Kier molecular flexibility index (Phi) is 4.38. The van der Waals surface area contributed by atoms with Crippen LogP contribution in [0.15, 0.2) is 54.7 Å². The van der Waals surface area contributed by atoms with Gasteiger partial charge in [0.15, 0.2) is 0 Å². The van der Waals surface area contributed by atoms with Crippen molar-refractivity contribution in [3.8, 4) is 11.5 Å². The zero-order valence-electron chi connectivity index (χ0n) is 11.4. The molecule has 7 nitrogen and oxygen atoms in total. The summed E-state index contributed by atoms with van der Waals surface area (Å²) < 4.78 is 0. The van der Waals surface area contributed by atoms with Gasteiger partial charge in [-0.25, -0.2) is 0 Å². The number of nitro groups is 1. The van der Waals surface area contributed by atoms with E-state index in [9.17, 15) is 15.2 Å². The average molecular weight is 299 g/mol. The van der Waals surface area contributed by atoms with Gasteiger partial charge in [0.25, 0.3) is 5.69 Å². The molecule has 22 heavy (non-hydrogen) atoms. The van der Waals surface area contributed by atoms with E-state index in [4.69, 9.17) is 10.8 Å². The summed E-state index contributed by atoms with van der Waals surface area (Å²) in [4.78, 5) is 13.6. The molecule has 3 aromatic rings. The van der Waals surface area contributed by atoms with Crippen molar-refractivity contribution in [1.29, 1.82) is 0 Å². The van der Waals surface area contributed by atoms with E-state index in [1.54, 1.807) is 18.3 Å². The van der Waals surface area contributed by atoms with Crippen molar-refractivity contribution < 1.29 is 15.1 Å². The van der Waals surface area contributed by atoms with Crippen molar-refractivity contribution in [2.75, 3.05) is 5.73 Å². The minimum Gasteiger partial charge on any atom is -0.506 e. The van der Waals surface area contributed by atoms with Crippen molar-refractivity contribution in [3.05, 3.63) is 64.8 Å². The number of anilines is 1. The highest BCUT2D eigenvalue weighted by Gasteiger charge is 2.06. The van der Waals surface area contributed by atoms with E-state index in [-0.39, 0.29) is 22.9 Å². The molecular formula is C15H13N3O4. The molecule has 0 spiro atoms. The van der Waals surface area contributed by atoms with Gasteiger partial charge in [-0.3, -0.25) is 15.1 Å². The Labute approximate surface area is 125 Å². The average Bonchev–Trinajstić information content (AvgIpc) is 2.51. The quantitative estimate of drug-likeness (QED) is 0.275. The van der Waals surface area contributed by atoms with Crippen LogP contribution in [0.1, 0.15) is 0 Å². The zero-order chi connectivity index (χ0) is 16.1. The number of nitrogens with two attached hydrogens (primary N) is 1. The van der Waals surface area contributed by atoms with E-state index >= 15 is 0 Å². The number of aromatic hydroxyl groups is 2. The summed E-state index contributed by atoms with van der Waals surface area (Å²) in [6.07, 6.45) is 1.67. The summed E-state index contributed by atoms with van der Waals surface area (Å²) in [6, 6.07) is 12.7. The molecule has 0 aliphatic heterocycles. The first kappa shape index (κ1) is 15.0. The first-order chi connectivity index (χ1) is 10.5. The number of benzene rings is 2. The number of pyridine rings is 1. The summed E-state index contributed by atoms with van der Waals surface area (Å²) >= 11 is 0. The van der Waals surface area contributed by atoms with Crippen LogP contribution >= 0.6 is 0 Å². The van der Waals surface area contributed by atoms with Gasteiger partial charge in [0.05, 0.1) is 16.7 Å². The van der Waals surface area contributed by atoms with Gasteiger partial charge in [-0.2, -0.15) is 0 Å². The van der Waals surface area contributed by atoms with Crippen LogP contribution in [0.4, 0.5) is 11.4 Å². The minimum absolute atomic E-state index is 0.135. The molecule has 4 N–H and O–H groups in total. The maximum absolute atomic E-state index is 10.1. The van der Waals surface area contributed by atoms with Gasteiger partial charge in [0.2, 0.25) is 0 Å². The molecule has 7 heteroatoms. The number of nitro benzene ring substituents is 1. The number of nitrogens with zero attached hydrogens (tertiary/aromatic N) is 2. The Morgan fingerprint density at radius 2 is 1.77 bits per heavy atom. The summed E-state index contributed by atoms with van der Waals surface area (Å²) in [5, 5.41) is 29.3. The van der Waals surface area contributed by atoms with Crippen molar-refractivity contribution in [2.24, 2.45) is 0 Å². The Hall–Kier alpha value is -3.35. The molecule has 112 valence electrons. The molecule has 0 saturated heterocycles. The number of nitrogen functional groups attached to an aromatic ring is 1. The van der Waals surface area contributed by atoms with Crippen molar-refractivity contribution >= 4 is 22.3 Å². The van der Waals surface area contributed by atoms with Crippen molar-refractivity contribution in [2.45, 2.75) is 0 Å². The maximum Gasteiger partial charge on any atom is 0.273 e. The minimum atomic E-state index is -0.598. The van der Waals surface area contributed by atoms with Crippen LogP contribution in [0.25, 0.3) is 10.9 Å². The topological polar surface area (TPSA) is 123 Å². The molecule has 0 unspecified atom stereocenters. The van der Waals surface area contributed by atoms with Gasteiger partial charge >= 0.3 is 0 Å². The summed E-state index contributed by atoms with van der Waals surface area (Å²) in [5.74, 6) is -0.0256. The Morgan fingerprint density at radius 3 is 2.41 bits per heavy atom. The Bertz CT molecular complexity index is 815. The summed E-state index contributed by atoms with van der Waals surface area (Å²) in [6.45, 7) is 0. The van der Waals surface area contributed by atoms with Crippen LogP contribution in [0, 0.1) is 10.1 Å². The second-order valence-electron chi connectivity index (χ2n) is 4.35. The van der Waals surface area contributed by atoms with E-state index < -0.39 is 4.92 Å². The van der Waals surface area contributed by atoms with Gasteiger partial charge in [0, 0.05) is 17.6 Å². The lowest BCUT2D eigenvalue weighted by Gasteiger charge is -1.96. The number of hydrogen-bond donors (Lipinski definition) is 3. The van der Waals surface area contributed by atoms with Crippen LogP contribution in [0.3, 0.4) is 0 Å². The number of rotatable bonds is 1. The van der Waals surface area contributed by atoms with Gasteiger partial charge in [-0.05, 0) is 18.2 Å². The molecular weight excluding hydrogens is 286 g/mol. The third kappa shape index (κ3) is 3.40. The van der Waals surface area contributed by atoms with Crippen molar-refractivity contribution in [3.63, 3.8) is 0 Å². The first-order valence-electron chi connectivity index (χ1n) is 6.24. The lowest BCUT2D eigenvalue weighted by atomic mass is 10.2. The largest absolute Gasteiger partial charge is 0.506 e. The lowest BCUT2D eigenvalue weighted by Crippen LogP contribution is -1.89. The standard InChI is InChI=1S/C9H7NO.C6H6N2O3/c11-8-5-1-3-7-4-2-6-10-9(7)8;7-5-2-1-4(8(10)11)3-6(5)9/h1-6,11H;1-3,9H,7H2. The number of aromatic nitrogens is 1. The van der Waals surface area contributed by atoms with Crippen LogP contribution in [0.5, 0.6) is 11.5 Å². The highest BCUT2D eigenvalue weighted by atomic mass is 16.6. The fourth-order valence-electron chi connectivity index (χ4n) is 1.73. The second kappa shape index (κ2) is 6.40. The molecule has 3 rings (SSSR count). The number of phenolic OH excluding ortho intramolecular Hbond substituents is 2. The van der Waals surface area contributed by atoms with Gasteiger partial charge in [-0.1, -0.05) is 18.2 Å². The van der Waals surface area contributed by atoms with Crippen LogP contribution < -0.4 is 5.73 Å². The van der Waals surface area contributed by atoms with Crippen LogP contribution in [-0.4, -0.2) is 20.1 Å². The number of fused-ring (bicyclic) bond motifs is 1. The van der Waals surface area contributed by atoms with E-state index in [1.807, 2.05) is 18.2 Å². The predicted octanol–water partition coefficient (Wildman–Crippen LogP) is 2.82. The van der Waals surface area contributed by atoms with E-state index in [0.29, 0.717) is 5.52 Å². The molecule has 0 fully saturated rings. The smallest absolute Gasteiger partial charge is 0.273 e. The van der Waals surface area contributed by atoms with E-state index in [1.165, 1.54) is 12.1 Å². The Balaban J connectivity index is 0.000000160. The number of hydrogen-bond acceptors (Lipinski definition) is 6. The molecule has 1 heterocycles. The third-order valence-corrected chi connectivity index (χ3v) is 2.84. The van der Waals surface area contributed by atoms with E-state index in [2.05, 4.69) is 4.98 Å². The molecule has 0 saturated carbocycles. The van der Waals surface area contributed by atoms with E-state index in [0.717, 1.165) is 11.5 Å². The summed E-state index contributed by atoms with van der Waals surface area (Å²) in [5.41, 5.74) is 5.84. The number of para-hydroxylation sites is 1. The third-order valence-electron chi connectivity index (χ3n) is 2.84. The number of phenols is 2. The number of non-ortho nitro benzene ring substituents is 1. The predicted molar refractivity (Wildman–Crippen MR) is 82.6 cm³/mol. The summed E-state index contributed by atoms with van der Waals surface area (Å²) in [7, 11) is 0. The van der Waals surface area contributed by atoms with Crippen LogP contribution in [0.2, 0.25) is 0 Å². The molecule has 1 aromatic heterocycles. The van der Waals surface area contributed by atoms with Crippen molar-refractivity contribution in [1.82, 2.24) is 4.98 Å². The van der Waals surface area contributed by atoms with Gasteiger partial charge in [-0.15, -0.1) is 0 Å². The highest BCUT2D eigenvalue weighted by molar-refractivity contribution is 5.83.